The Labute approximate surface area is 147 Å². The van der Waals surface area contributed by atoms with Crippen molar-refractivity contribution in [3.05, 3.63) is 12.0 Å². The third-order valence-electron chi connectivity index (χ3n) is 3.92. The van der Waals surface area contributed by atoms with Gasteiger partial charge < -0.3 is 25.8 Å². The second-order valence-electron chi connectivity index (χ2n) is 5.79. The van der Waals surface area contributed by atoms with Crippen LogP contribution in [0.3, 0.4) is 0 Å². The van der Waals surface area contributed by atoms with Crippen LogP contribution in [0.1, 0.15) is 24.9 Å². The highest BCUT2D eigenvalue weighted by Crippen LogP contribution is 2.34. The largest absolute Gasteiger partial charge is 0.387 e. The van der Waals surface area contributed by atoms with Crippen molar-refractivity contribution in [2.24, 2.45) is 5.14 Å². The van der Waals surface area contributed by atoms with Crippen LogP contribution in [0.25, 0.3) is 11.0 Å². The number of fused-ring (bicyclic) bond motifs is 1. The highest BCUT2D eigenvalue weighted by Gasteiger charge is 2.45. The first kappa shape index (κ1) is 18.8. The van der Waals surface area contributed by atoms with E-state index in [1.807, 2.05) is 0 Å². The minimum absolute atomic E-state index is 0.0688. The van der Waals surface area contributed by atoms with Gasteiger partial charge in [-0.3, -0.25) is 4.18 Å². The highest BCUT2D eigenvalue weighted by atomic mass is 32.2. The van der Waals surface area contributed by atoms with Gasteiger partial charge in [-0.15, -0.1) is 0 Å². The number of nitrogens with zero attached hydrogens (tertiary/aromatic N) is 4. The number of nitrogen functional groups attached to an aromatic ring is 1. The van der Waals surface area contributed by atoms with Crippen molar-refractivity contribution in [3.63, 3.8) is 0 Å². The first-order valence-electron chi connectivity index (χ1n) is 7.45. The summed E-state index contributed by atoms with van der Waals surface area (Å²) < 4.78 is 32.8. The van der Waals surface area contributed by atoms with Crippen LogP contribution in [0.4, 0.5) is 5.82 Å². The van der Waals surface area contributed by atoms with Crippen molar-refractivity contribution in [1.82, 2.24) is 19.7 Å². The van der Waals surface area contributed by atoms with E-state index < -0.39 is 47.6 Å². The third-order valence-corrected chi connectivity index (χ3v) is 4.38. The molecule has 0 aliphatic carbocycles. The smallest absolute Gasteiger partial charge is 0.333 e. The Morgan fingerprint density at radius 2 is 2.08 bits per heavy atom. The van der Waals surface area contributed by atoms with E-state index in [1.54, 1.807) is 0 Å². The molecule has 1 saturated heterocycles. The van der Waals surface area contributed by atoms with Crippen LogP contribution < -0.4 is 10.9 Å². The summed E-state index contributed by atoms with van der Waals surface area (Å²) >= 11 is 0. The van der Waals surface area contributed by atoms with E-state index in [0.29, 0.717) is 0 Å². The van der Waals surface area contributed by atoms with Gasteiger partial charge in [0.2, 0.25) is 0 Å². The normalized spacial score (nSPS) is 27.9. The molecule has 1 aliphatic heterocycles. The minimum atomic E-state index is -4.25. The van der Waals surface area contributed by atoms with Crippen molar-refractivity contribution in [3.8, 4) is 0 Å². The lowest BCUT2D eigenvalue weighted by atomic mass is 10.1. The summed E-state index contributed by atoms with van der Waals surface area (Å²) in [6.45, 7) is 0.856. The Bertz CT molecular complexity index is 916. The molecular weight excluding hydrogens is 372 g/mol. The summed E-state index contributed by atoms with van der Waals surface area (Å²) in [7, 11) is -4.25. The number of nitrogens with two attached hydrogens (primary N) is 2. The van der Waals surface area contributed by atoms with Gasteiger partial charge in [-0.2, -0.15) is 13.5 Å². The van der Waals surface area contributed by atoms with Crippen molar-refractivity contribution < 1.29 is 32.7 Å². The zero-order valence-corrected chi connectivity index (χ0v) is 14.3. The van der Waals surface area contributed by atoms with Gasteiger partial charge in [-0.1, -0.05) is 0 Å². The van der Waals surface area contributed by atoms with E-state index in [4.69, 9.17) is 15.6 Å². The van der Waals surface area contributed by atoms with E-state index in [1.165, 1.54) is 13.3 Å². The van der Waals surface area contributed by atoms with E-state index in [0.717, 1.165) is 4.68 Å². The maximum absolute atomic E-state index is 10.9. The van der Waals surface area contributed by atoms with Crippen LogP contribution in [0.5, 0.6) is 0 Å². The maximum Gasteiger partial charge on any atom is 0.333 e. The molecule has 0 saturated carbocycles. The molecule has 1 aliphatic rings. The maximum atomic E-state index is 10.9. The first-order valence-corrected chi connectivity index (χ1v) is 8.92. The van der Waals surface area contributed by atoms with E-state index >= 15 is 0 Å². The fraction of sp³-hybridized carbons (Fsp3) is 0.583. The molecule has 0 amide bonds. The molecule has 2 aromatic rings. The number of hydrogen-bond donors (Lipinski definition) is 5. The van der Waals surface area contributed by atoms with Gasteiger partial charge >= 0.3 is 10.3 Å². The molecule has 14 heteroatoms. The molecule has 3 heterocycles. The van der Waals surface area contributed by atoms with Crippen LogP contribution >= 0.6 is 0 Å². The number of rotatable bonds is 5. The first-order chi connectivity index (χ1) is 12.1. The summed E-state index contributed by atoms with van der Waals surface area (Å²) in [5.41, 5.74) is 6.15. The second kappa shape index (κ2) is 6.66. The molecule has 5 atom stereocenters. The molecular formula is C12H18N6O7S. The van der Waals surface area contributed by atoms with Gasteiger partial charge in [-0.25, -0.2) is 19.8 Å². The summed E-state index contributed by atoms with van der Waals surface area (Å²) in [5.74, 6) is 0.0688. The summed E-state index contributed by atoms with van der Waals surface area (Å²) in [6, 6.07) is 0. The van der Waals surface area contributed by atoms with Crippen LogP contribution in [-0.2, 0) is 19.2 Å². The lowest BCUT2D eigenvalue weighted by Gasteiger charge is -2.15. The third kappa shape index (κ3) is 3.35. The topological polar surface area (TPSA) is 209 Å². The number of ether oxygens (including phenoxy) is 1. The average molecular weight is 390 g/mol. The van der Waals surface area contributed by atoms with E-state index in [9.17, 15) is 23.7 Å². The van der Waals surface area contributed by atoms with Gasteiger partial charge in [0.1, 0.15) is 36.2 Å². The molecule has 0 bridgehead atoms. The summed E-state index contributed by atoms with van der Waals surface area (Å²) in [5, 5.41) is 39.5. The molecule has 1 fully saturated rings. The summed E-state index contributed by atoms with van der Waals surface area (Å²) in [4.78, 5) is 7.88. The minimum Gasteiger partial charge on any atom is -0.387 e. The predicted molar refractivity (Wildman–Crippen MR) is 85.4 cm³/mol. The standard InChI is InChI=1S/C12H18N6O7S/c1-4(19)7-6-10(13)15-3-16-11(6)18(17-7)12-9(21)8(20)5(25-12)2-24-26(14,22)23/h3-5,8-9,12,19-21H,2H2,1H3,(H2,13,15,16)(H2,14,22,23)/t4-,5+,8+,9+,12+/m0/s1. The summed E-state index contributed by atoms with van der Waals surface area (Å²) in [6.07, 6.45) is -5.23. The SMILES string of the molecule is C[C@H](O)c1nn([C@@H]2O[C@H](COS(N)(=O)=O)[C@@H](O)[C@H]2O)c2ncnc(N)c12. The van der Waals surface area contributed by atoms with Crippen LogP contribution in [0.2, 0.25) is 0 Å². The average Bonchev–Trinajstić information content (AvgIpc) is 3.06. The fourth-order valence-corrected chi connectivity index (χ4v) is 3.05. The molecule has 0 unspecified atom stereocenters. The number of hydrogen-bond acceptors (Lipinski definition) is 11. The Morgan fingerprint density at radius 1 is 1.38 bits per heavy atom. The molecule has 0 aromatic carbocycles. The van der Waals surface area contributed by atoms with Gasteiger partial charge in [-0.05, 0) is 6.92 Å². The van der Waals surface area contributed by atoms with Crippen LogP contribution in [-0.4, -0.2) is 68.4 Å². The molecule has 3 rings (SSSR count). The van der Waals surface area contributed by atoms with E-state index in [-0.39, 0.29) is 22.5 Å². The number of aliphatic hydroxyl groups excluding tert-OH is 3. The lowest BCUT2D eigenvalue weighted by molar-refractivity contribution is -0.0531. The van der Waals surface area contributed by atoms with Crippen molar-refractivity contribution in [2.75, 3.05) is 12.3 Å². The Hall–Kier alpha value is -1.94. The van der Waals surface area contributed by atoms with Gasteiger partial charge in [0.05, 0.1) is 18.1 Å². The van der Waals surface area contributed by atoms with Gasteiger partial charge in [0, 0.05) is 0 Å². The van der Waals surface area contributed by atoms with Crippen molar-refractivity contribution >= 4 is 27.2 Å². The van der Waals surface area contributed by atoms with Gasteiger partial charge in [0.25, 0.3) is 0 Å². The van der Waals surface area contributed by atoms with Gasteiger partial charge in [0.15, 0.2) is 11.9 Å². The molecule has 13 nitrogen and oxygen atoms in total. The second-order valence-corrected chi connectivity index (χ2v) is 7.01. The zero-order valence-electron chi connectivity index (χ0n) is 13.5. The Morgan fingerprint density at radius 3 is 2.69 bits per heavy atom. The Kier molecular flexibility index (Phi) is 4.82. The predicted octanol–water partition coefficient (Wildman–Crippen LogP) is -2.70. The number of aromatic nitrogens is 4. The van der Waals surface area contributed by atoms with Crippen molar-refractivity contribution in [1.29, 1.82) is 0 Å². The molecule has 0 spiro atoms. The quantitative estimate of drug-likeness (QED) is 0.354. The highest BCUT2D eigenvalue weighted by molar-refractivity contribution is 7.84. The number of anilines is 1. The molecule has 26 heavy (non-hydrogen) atoms. The van der Waals surface area contributed by atoms with Crippen molar-refractivity contribution in [2.45, 2.75) is 37.6 Å². The zero-order chi connectivity index (χ0) is 19.2. The monoisotopic (exact) mass is 390 g/mol. The fourth-order valence-electron chi connectivity index (χ4n) is 2.72. The number of aliphatic hydroxyl groups is 3. The molecule has 2 aromatic heterocycles. The van der Waals surface area contributed by atoms with Crippen LogP contribution in [0.15, 0.2) is 6.33 Å². The van der Waals surface area contributed by atoms with E-state index in [2.05, 4.69) is 19.2 Å². The molecule has 144 valence electrons. The molecule has 0 radical (unpaired) electrons. The Balaban J connectivity index is 1.98. The molecule has 7 N–H and O–H groups in total. The van der Waals surface area contributed by atoms with Crippen LogP contribution in [0, 0.1) is 0 Å². The lowest BCUT2D eigenvalue weighted by Crippen LogP contribution is -2.35.